The van der Waals surface area contributed by atoms with Crippen LogP contribution in [0.2, 0.25) is 0 Å². The average Bonchev–Trinajstić information content (AvgIpc) is 3.13. The van der Waals surface area contributed by atoms with Gasteiger partial charge in [-0.15, -0.1) is 11.8 Å². The minimum absolute atomic E-state index is 0.00435. The third-order valence-electron chi connectivity index (χ3n) is 8.78. The fourth-order valence-corrected chi connectivity index (χ4v) is 8.89. The summed E-state index contributed by atoms with van der Waals surface area (Å²) in [4.78, 5) is 48.2. The van der Waals surface area contributed by atoms with E-state index in [9.17, 15) is 19.5 Å². The molecular weight excluding hydrogens is 474 g/mol. The maximum Gasteiger partial charge on any atom is 0.247 e. The smallest absolute Gasteiger partial charge is 0.247 e. The van der Waals surface area contributed by atoms with E-state index in [2.05, 4.69) is 39.0 Å². The molecule has 8 heteroatoms. The highest BCUT2D eigenvalue weighted by atomic mass is 32.2. The summed E-state index contributed by atoms with van der Waals surface area (Å²) < 4.78 is -1.43. The molecule has 7 atom stereocenters. The Hall–Kier alpha value is -1.80. The highest BCUT2D eigenvalue weighted by Gasteiger charge is 2.74. The molecule has 3 amide bonds. The minimum atomic E-state index is -0.843. The van der Waals surface area contributed by atoms with Crippen LogP contribution in [0.4, 0.5) is 0 Å². The summed E-state index contributed by atoms with van der Waals surface area (Å²) in [5.41, 5.74) is 0. The maximum atomic E-state index is 14.5. The molecule has 0 aromatic rings. The second-order valence-corrected chi connectivity index (χ2v) is 12.9. The van der Waals surface area contributed by atoms with Crippen LogP contribution in [-0.4, -0.2) is 91.9 Å². The molecule has 4 heterocycles. The van der Waals surface area contributed by atoms with E-state index in [1.807, 2.05) is 29.7 Å². The topological polar surface area (TPSA) is 81.2 Å². The number of hydrogen-bond acceptors (Lipinski definition) is 5. The molecule has 200 valence electrons. The molecule has 4 aliphatic rings. The second kappa shape index (κ2) is 10.5. The molecule has 1 unspecified atom stereocenters. The van der Waals surface area contributed by atoms with Crippen molar-refractivity contribution in [2.75, 3.05) is 32.8 Å². The van der Waals surface area contributed by atoms with Gasteiger partial charge >= 0.3 is 0 Å². The zero-order valence-corrected chi connectivity index (χ0v) is 23.3. The van der Waals surface area contributed by atoms with Crippen molar-refractivity contribution in [2.24, 2.45) is 17.8 Å². The fourth-order valence-electron chi connectivity index (χ4n) is 6.75. The number of carbonyl (C=O) groups is 3. The van der Waals surface area contributed by atoms with Crippen LogP contribution in [0.5, 0.6) is 0 Å². The van der Waals surface area contributed by atoms with Crippen molar-refractivity contribution in [2.45, 2.75) is 81.9 Å². The summed E-state index contributed by atoms with van der Waals surface area (Å²) >= 11 is 1.62. The third kappa shape index (κ3) is 4.12. The summed E-state index contributed by atoms with van der Waals surface area (Å²) in [5.74, 6) is -1.38. The minimum Gasteiger partial charge on any atom is -0.394 e. The van der Waals surface area contributed by atoms with Crippen LogP contribution in [0.25, 0.3) is 0 Å². The predicted molar refractivity (Wildman–Crippen MR) is 143 cm³/mol. The van der Waals surface area contributed by atoms with E-state index in [0.29, 0.717) is 26.2 Å². The lowest BCUT2D eigenvalue weighted by Gasteiger charge is -2.41. The lowest BCUT2D eigenvalue weighted by Crippen LogP contribution is -2.58. The van der Waals surface area contributed by atoms with E-state index < -0.39 is 33.4 Å². The first kappa shape index (κ1) is 27.2. The SMILES string of the molecule is CCCCN1CC=C[C@]23S[C@]4(C)C=CCN(CCC)C(=O)[C@@H]4[C@H]2C(=O)N([C@@H](CO)[C@@H](C)CC)C3C1=O. The molecule has 2 saturated heterocycles. The molecule has 0 bridgehead atoms. The van der Waals surface area contributed by atoms with Gasteiger partial charge in [-0.05, 0) is 25.7 Å². The van der Waals surface area contributed by atoms with E-state index >= 15 is 0 Å². The summed E-state index contributed by atoms with van der Waals surface area (Å²) in [6.45, 7) is 12.4. The second-order valence-electron chi connectivity index (χ2n) is 11.1. The average molecular weight is 518 g/mol. The van der Waals surface area contributed by atoms with Crippen molar-refractivity contribution in [3.63, 3.8) is 0 Å². The van der Waals surface area contributed by atoms with Crippen LogP contribution in [0.1, 0.15) is 60.3 Å². The van der Waals surface area contributed by atoms with Crippen LogP contribution in [0, 0.1) is 17.8 Å². The van der Waals surface area contributed by atoms with Crippen LogP contribution in [0.15, 0.2) is 24.3 Å². The van der Waals surface area contributed by atoms with Gasteiger partial charge in [0.15, 0.2) is 0 Å². The van der Waals surface area contributed by atoms with Gasteiger partial charge in [-0.2, -0.15) is 0 Å². The molecule has 2 fully saturated rings. The number of unbranched alkanes of at least 4 members (excludes halogenated alkanes) is 1. The van der Waals surface area contributed by atoms with Gasteiger partial charge in [-0.1, -0.05) is 64.8 Å². The Morgan fingerprint density at radius 1 is 0.972 bits per heavy atom. The first-order valence-corrected chi connectivity index (χ1v) is 14.6. The van der Waals surface area contributed by atoms with E-state index in [0.717, 1.165) is 25.7 Å². The Morgan fingerprint density at radius 3 is 2.25 bits per heavy atom. The normalized spacial score (nSPS) is 35.4. The monoisotopic (exact) mass is 517 g/mol. The Kier molecular flexibility index (Phi) is 7.96. The lowest BCUT2D eigenvalue weighted by molar-refractivity contribution is -0.148. The first-order valence-electron chi connectivity index (χ1n) is 13.8. The molecule has 36 heavy (non-hydrogen) atoms. The summed E-state index contributed by atoms with van der Waals surface area (Å²) in [7, 11) is 0. The number of carbonyl (C=O) groups excluding carboxylic acids is 3. The van der Waals surface area contributed by atoms with Crippen LogP contribution >= 0.6 is 11.8 Å². The molecule has 4 rings (SSSR count). The summed E-state index contributed by atoms with van der Waals surface area (Å²) in [5, 5.41) is 10.5. The highest BCUT2D eigenvalue weighted by molar-refractivity contribution is 8.02. The predicted octanol–water partition coefficient (Wildman–Crippen LogP) is 3.09. The van der Waals surface area contributed by atoms with Crippen LogP contribution in [0.3, 0.4) is 0 Å². The molecule has 0 aromatic heterocycles. The summed E-state index contributed by atoms with van der Waals surface area (Å²) in [6, 6.07) is -1.19. The van der Waals surface area contributed by atoms with Gasteiger partial charge in [0.2, 0.25) is 17.7 Å². The van der Waals surface area contributed by atoms with Crippen molar-refractivity contribution < 1.29 is 19.5 Å². The molecule has 0 aliphatic carbocycles. The van der Waals surface area contributed by atoms with Crippen molar-refractivity contribution in [3.05, 3.63) is 24.3 Å². The number of likely N-dealkylation sites (tertiary alicyclic amines) is 1. The van der Waals surface area contributed by atoms with Crippen LogP contribution in [-0.2, 0) is 14.4 Å². The standard InChI is InChI=1S/C28H43N3O4S/c1-6-9-15-30-17-11-13-28-22(21-24(33)29(14-7-2)16-10-12-27(21,5)36-28)25(34)31(23(28)26(30)35)20(18-32)19(4)8-3/h10-13,19-23,32H,6-9,14-18H2,1-5H3/t19-,20-,21-,22-,23?,27+,28-/m0/s1. The van der Waals surface area contributed by atoms with Gasteiger partial charge in [0, 0.05) is 30.9 Å². The van der Waals surface area contributed by atoms with E-state index in [1.54, 1.807) is 16.7 Å². The van der Waals surface area contributed by atoms with E-state index in [1.165, 1.54) is 0 Å². The molecule has 7 nitrogen and oxygen atoms in total. The number of thioether (sulfide) groups is 1. The number of fused-ring (bicyclic) bond motifs is 2. The zero-order chi connectivity index (χ0) is 26.3. The highest BCUT2D eigenvalue weighted by Crippen LogP contribution is 2.66. The largest absolute Gasteiger partial charge is 0.394 e. The molecule has 1 N–H and O–H groups in total. The molecule has 4 aliphatic heterocycles. The Labute approximate surface area is 220 Å². The quantitative estimate of drug-likeness (QED) is 0.476. The van der Waals surface area contributed by atoms with Gasteiger partial charge in [-0.25, -0.2) is 0 Å². The number of aliphatic hydroxyl groups excluding tert-OH is 1. The fraction of sp³-hybridized carbons (Fsp3) is 0.750. The van der Waals surface area contributed by atoms with Crippen molar-refractivity contribution in [1.82, 2.24) is 14.7 Å². The Bertz CT molecular complexity index is 938. The molecule has 0 aromatic carbocycles. The van der Waals surface area contributed by atoms with E-state index in [4.69, 9.17) is 0 Å². The number of amides is 3. The van der Waals surface area contributed by atoms with Crippen molar-refractivity contribution in [3.8, 4) is 0 Å². The van der Waals surface area contributed by atoms with Gasteiger partial charge in [-0.3, -0.25) is 14.4 Å². The Balaban J connectivity index is 1.87. The van der Waals surface area contributed by atoms with Gasteiger partial charge in [0.25, 0.3) is 0 Å². The number of rotatable bonds is 9. The summed E-state index contributed by atoms with van der Waals surface area (Å²) in [6.07, 6.45) is 11.8. The molecular formula is C28H43N3O4S. The van der Waals surface area contributed by atoms with Crippen LogP contribution < -0.4 is 0 Å². The molecule has 1 spiro atoms. The third-order valence-corrected chi connectivity index (χ3v) is 10.6. The van der Waals surface area contributed by atoms with Crippen molar-refractivity contribution in [1.29, 1.82) is 0 Å². The number of aliphatic hydroxyl groups is 1. The Morgan fingerprint density at radius 2 is 1.64 bits per heavy atom. The van der Waals surface area contributed by atoms with Gasteiger partial charge in [0.1, 0.15) is 6.04 Å². The number of nitrogens with zero attached hydrogens (tertiary/aromatic N) is 3. The van der Waals surface area contributed by atoms with Crippen molar-refractivity contribution >= 4 is 29.5 Å². The molecule has 0 saturated carbocycles. The number of hydrogen-bond donors (Lipinski definition) is 1. The van der Waals surface area contributed by atoms with Gasteiger partial charge < -0.3 is 19.8 Å². The zero-order valence-electron chi connectivity index (χ0n) is 22.5. The first-order chi connectivity index (χ1) is 17.2. The van der Waals surface area contributed by atoms with Gasteiger partial charge in [0.05, 0.1) is 29.2 Å². The maximum absolute atomic E-state index is 14.5. The van der Waals surface area contributed by atoms with E-state index in [-0.39, 0.29) is 30.2 Å². The molecule has 0 radical (unpaired) electrons. The lowest BCUT2D eigenvalue weighted by atomic mass is 9.74.